The van der Waals surface area contributed by atoms with Crippen LogP contribution in [-0.4, -0.2) is 35.7 Å². The molecule has 7 heteroatoms. The molecule has 0 atom stereocenters. The lowest BCUT2D eigenvalue weighted by Crippen LogP contribution is -2.18. The smallest absolute Gasteiger partial charge is 0.408 e. The minimum Gasteiger partial charge on any atom is -0.408 e. The van der Waals surface area contributed by atoms with Gasteiger partial charge in [-0.3, -0.25) is 0 Å². The maximum Gasteiger partial charge on any atom is 0.421 e. The van der Waals surface area contributed by atoms with Gasteiger partial charge >= 0.3 is 5.76 Å². The summed E-state index contributed by atoms with van der Waals surface area (Å²) in [5.41, 5.74) is 1.03. The Morgan fingerprint density at radius 1 is 1.40 bits per heavy atom. The van der Waals surface area contributed by atoms with Crippen molar-refractivity contribution in [2.24, 2.45) is 0 Å². The zero-order chi connectivity index (χ0) is 14.9. The molecule has 4 nitrogen and oxygen atoms in total. The average molecular weight is 383 g/mol. The van der Waals surface area contributed by atoms with Gasteiger partial charge in [-0.25, -0.2) is 19.4 Å². The van der Waals surface area contributed by atoms with E-state index in [4.69, 9.17) is 20.8 Å². The highest BCUT2D eigenvalue weighted by Crippen LogP contribution is 2.34. The van der Waals surface area contributed by atoms with Crippen molar-refractivity contribution in [3.63, 3.8) is 0 Å². The number of aromatic nitrogens is 1. The van der Waals surface area contributed by atoms with Crippen LogP contribution in [0.4, 0.5) is 0 Å². The second kappa shape index (κ2) is 6.13. The van der Waals surface area contributed by atoms with Gasteiger partial charge < -0.3 is 9.15 Å². The minimum absolute atomic E-state index is 0.150. The second-order valence-corrected chi connectivity index (χ2v) is 11.2. The molecule has 20 heavy (non-hydrogen) atoms. The molecular weight excluding hydrogens is 366 g/mol. The summed E-state index contributed by atoms with van der Waals surface area (Å²) in [7, 11) is -0.602. The van der Waals surface area contributed by atoms with Crippen molar-refractivity contribution in [3.8, 4) is 0 Å². The summed E-state index contributed by atoms with van der Waals surface area (Å²) in [6.45, 7) is 0.765. The molecule has 1 heterocycles. The number of nitrogens with zero attached hydrogens (tertiary/aromatic N) is 1. The van der Waals surface area contributed by atoms with Crippen LogP contribution in [0, 0.1) is 0 Å². The molecule has 0 amide bonds. The lowest BCUT2D eigenvalue weighted by molar-refractivity contribution is 0.0874. The van der Waals surface area contributed by atoms with Crippen LogP contribution >= 0.6 is 37.6 Å². The Morgan fingerprint density at radius 3 is 2.75 bits per heavy atom. The van der Waals surface area contributed by atoms with Crippen LogP contribution in [0.15, 0.2) is 25.8 Å². The van der Waals surface area contributed by atoms with Gasteiger partial charge in [0.15, 0.2) is 5.58 Å². The Bertz CT molecular complexity index is 675. The molecule has 0 aliphatic carbocycles. The van der Waals surface area contributed by atoms with Crippen molar-refractivity contribution in [3.05, 3.63) is 32.2 Å². The Balaban J connectivity index is 2.20. The zero-order valence-corrected chi connectivity index (χ0v) is 14.8. The molecule has 2 aromatic rings. The average Bonchev–Trinajstić information content (AvgIpc) is 2.66. The second-order valence-electron chi connectivity index (χ2n) is 5.34. The van der Waals surface area contributed by atoms with Crippen LogP contribution in [0.5, 0.6) is 0 Å². The number of benzene rings is 1. The number of hydrogen-bond donors (Lipinski definition) is 0. The standard InChI is InChI=1S/C13H17BrClNO3S/c1-20(2,3)7-6-18-8-16-12-10(19-13(16)17)5-4-9(14)11(12)15/h4-5H,6-8H2,1-3H3. The summed E-state index contributed by atoms with van der Waals surface area (Å²) in [6.07, 6.45) is 6.68. The Morgan fingerprint density at radius 2 is 2.10 bits per heavy atom. The Kier molecular flexibility index (Phi) is 4.89. The number of fused-ring (bicyclic) bond motifs is 1. The van der Waals surface area contributed by atoms with Gasteiger partial charge in [-0.1, -0.05) is 11.6 Å². The van der Waals surface area contributed by atoms with Crippen molar-refractivity contribution < 1.29 is 9.15 Å². The minimum atomic E-state index is -0.602. The van der Waals surface area contributed by atoms with E-state index in [2.05, 4.69) is 34.7 Å². The third kappa shape index (κ3) is 3.61. The molecule has 0 N–H and O–H groups in total. The summed E-state index contributed by atoms with van der Waals surface area (Å²) in [5.74, 6) is 0.540. The molecule has 1 aromatic carbocycles. The van der Waals surface area contributed by atoms with Crippen molar-refractivity contribution in [2.45, 2.75) is 6.73 Å². The van der Waals surface area contributed by atoms with Crippen molar-refractivity contribution in [1.82, 2.24) is 4.57 Å². The van der Waals surface area contributed by atoms with Gasteiger partial charge in [-0.15, -0.1) is 0 Å². The molecular formula is C13H17BrClNO3S. The molecule has 2 rings (SSSR count). The highest BCUT2D eigenvalue weighted by Gasteiger charge is 2.15. The summed E-state index contributed by atoms with van der Waals surface area (Å²) in [4.78, 5) is 11.8. The lowest BCUT2D eigenvalue weighted by atomic mass is 10.3. The first-order valence-corrected chi connectivity index (χ1v) is 10.2. The van der Waals surface area contributed by atoms with Crippen LogP contribution in [-0.2, 0) is 11.5 Å². The van der Waals surface area contributed by atoms with Gasteiger partial charge in [0.1, 0.15) is 12.2 Å². The third-order valence-corrected chi connectivity index (χ3v) is 5.44. The van der Waals surface area contributed by atoms with Crippen molar-refractivity contribution in [1.29, 1.82) is 0 Å². The van der Waals surface area contributed by atoms with E-state index in [0.29, 0.717) is 22.7 Å². The maximum atomic E-state index is 11.8. The van der Waals surface area contributed by atoms with Gasteiger partial charge in [0.25, 0.3) is 0 Å². The molecule has 0 aliphatic rings. The SMILES string of the molecule is CS(C)(C)CCOCn1c(=O)oc2ccc(Br)c(Cl)c21. The third-order valence-electron chi connectivity index (χ3n) is 2.78. The molecule has 112 valence electrons. The first-order chi connectivity index (χ1) is 9.29. The van der Waals surface area contributed by atoms with E-state index in [1.54, 1.807) is 12.1 Å². The molecule has 0 bridgehead atoms. The first-order valence-electron chi connectivity index (χ1n) is 6.01. The van der Waals surface area contributed by atoms with Gasteiger partial charge in [0.05, 0.1) is 11.6 Å². The van der Waals surface area contributed by atoms with Gasteiger partial charge in [0, 0.05) is 10.2 Å². The van der Waals surface area contributed by atoms with E-state index in [0.717, 1.165) is 10.2 Å². The molecule has 0 aliphatic heterocycles. The summed E-state index contributed by atoms with van der Waals surface area (Å²) in [5, 5.41) is 0.457. The Labute approximate surface area is 132 Å². The van der Waals surface area contributed by atoms with E-state index in [-0.39, 0.29) is 6.73 Å². The maximum absolute atomic E-state index is 11.8. The van der Waals surface area contributed by atoms with Crippen LogP contribution < -0.4 is 5.76 Å². The molecule has 0 radical (unpaired) electrons. The largest absolute Gasteiger partial charge is 0.421 e. The fourth-order valence-electron chi connectivity index (χ4n) is 1.68. The highest BCUT2D eigenvalue weighted by atomic mass is 79.9. The van der Waals surface area contributed by atoms with E-state index in [1.807, 2.05) is 0 Å². The molecule has 0 fully saturated rings. The van der Waals surface area contributed by atoms with Crippen LogP contribution in [0.2, 0.25) is 5.02 Å². The lowest BCUT2D eigenvalue weighted by Gasteiger charge is -2.24. The van der Waals surface area contributed by atoms with Gasteiger partial charge in [0.2, 0.25) is 0 Å². The van der Waals surface area contributed by atoms with Crippen LogP contribution in [0.1, 0.15) is 0 Å². The Hall–Kier alpha value is -0.430. The van der Waals surface area contributed by atoms with Crippen molar-refractivity contribution in [2.75, 3.05) is 31.1 Å². The van der Waals surface area contributed by atoms with Gasteiger partial charge in [-0.05, 0) is 46.8 Å². The fraction of sp³-hybridized carbons (Fsp3) is 0.462. The molecule has 0 saturated carbocycles. The monoisotopic (exact) mass is 381 g/mol. The predicted octanol–water partition coefficient (Wildman–Crippen LogP) is 3.68. The van der Waals surface area contributed by atoms with Crippen LogP contribution in [0.3, 0.4) is 0 Å². The zero-order valence-electron chi connectivity index (χ0n) is 11.6. The normalized spacial score (nSPS) is 13.1. The summed E-state index contributed by atoms with van der Waals surface area (Å²) in [6, 6.07) is 3.46. The van der Waals surface area contributed by atoms with Crippen molar-refractivity contribution >= 4 is 48.7 Å². The topological polar surface area (TPSA) is 44.4 Å². The van der Waals surface area contributed by atoms with Crippen LogP contribution in [0.25, 0.3) is 11.1 Å². The predicted molar refractivity (Wildman–Crippen MR) is 89.4 cm³/mol. The van der Waals surface area contributed by atoms with E-state index in [9.17, 15) is 4.79 Å². The fourth-order valence-corrected chi connectivity index (χ4v) is 2.87. The molecule has 0 saturated heterocycles. The molecule has 0 spiro atoms. The number of halogens is 2. The quantitative estimate of drug-likeness (QED) is 0.741. The molecule has 0 unspecified atom stereocenters. The number of rotatable bonds is 5. The number of hydrogen-bond acceptors (Lipinski definition) is 3. The van der Waals surface area contributed by atoms with E-state index >= 15 is 0 Å². The van der Waals surface area contributed by atoms with E-state index in [1.165, 1.54) is 4.57 Å². The number of ether oxygens (including phenoxy) is 1. The highest BCUT2D eigenvalue weighted by molar-refractivity contribution is 9.10. The summed E-state index contributed by atoms with van der Waals surface area (Å²) >= 11 is 9.55. The van der Waals surface area contributed by atoms with Gasteiger partial charge in [-0.2, -0.15) is 0 Å². The number of oxazole rings is 1. The molecule has 1 aromatic heterocycles. The van der Waals surface area contributed by atoms with E-state index < -0.39 is 15.8 Å². The summed E-state index contributed by atoms with van der Waals surface area (Å²) < 4.78 is 12.9. The first kappa shape index (κ1) is 15.9.